The number of Topliss-reactive ketones (excluding diaryl/α,β-unsaturated/α-hetero) is 1. The third-order valence-electron chi connectivity index (χ3n) is 12.9. The lowest BCUT2D eigenvalue weighted by Gasteiger charge is -2.63. The van der Waals surface area contributed by atoms with Gasteiger partial charge in [0.1, 0.15) is 29.8 Å². The van der Waals surface area contributed by atoms with Crippen molar-refractivity contribution in [2.24, 2.45) is 16.2 Å². The van der Waals surface area contributed by atoms with Crippen molar-refractivity contribution in [3.05, 3.63) is 112 Å². The molecule has 0 bridgehead atoms. The van der Waals surface area contributed by atoms with Crippen LogP contribution in [0.3, 0.4) is 0 Å². The highest BCUT2D eigenvalue weighted by Crippen LogP contribution is 2.55. The van der Waals surface area contributed by atoms with Crippen LogP contribution in [0.15, 0.2) is 85.1 Å². The minimum absolute atomic E-state index is 0.0252. The maximum atomic E-state index is 14.0. The molecule has 1 saturated carbocycles. The molecule has 1 aliphatic carbocycles. The van der Waals surface area contributed by atoms with Gasteiger partial charge in [-0.05, 0) is 84.3 Å². The number of likely N-dealkylation sites (tertiary alicyclic amines) is 1. The molecule has 0 radical (unpaired) electrons. The number of nitriles is 2. The molecular weight excluding hydrogens is 854 g/mol. The molecule has 6 rings (SSSR count). The number of aliphatic hydroxyl groups is 1. The van der Waals surface area contributed by atoms with E-state index in [9.17, 15) is 29.5 Å². The fourth-order valence-electron chi connectivity index (χ4n) is 9.51. The Morgan fingerprint density at radius 3 is 2.20 bits per heavy atom. The van der Waals surface area contributed by atoms with Crippen LogP contribution in [0.25, 0.3) is 11.1 Å². The second kappa shape index (κ2) is 20.5. The zero-order valence-corrected chi connectivity index (χ0v) is 39.5. The third-order valence-corrected chi connectivity index (χ3v) is 13.2. The number of carbonyl (C=O) groups excluding carboxylic acids is 4. The molecule has 0 spiro atoms. The summed E-state index contributed by atoms with van der Waals surface area (Å²) in [5, 5.41) is 38.6. The molecule has 3 amide bonds. The lowest BCUT2D eigenvalue weighted by atomic mass is 9.49. The molecule has 4 N–H and O–H groups in total. The number of hydrogen-bond acceptors (Lipinski definition) is 10. The molecule has 1 saturated heterocycles. The minimum atomic E-state index is -0.886. The number of pyridine rings is 1. The zero-order chi connectivity index (χ0) is 48.0. The van der Waals surface area contributed by atoms with Crippen molar-refractivity contribution in [2.75, 3.05) is 18.4 Å². The predicted molar refractivity (Wildman–Crippen MR) is 253 cm³/mol. The number of unbranched alkanes of at least 4 members (excludes halogenated alkanes) is 1. The van der Waals surface area contributed by atoms with Crippen molar-refractivity contribution in [3.63, 3.8) is 0 Å². The van der Waals surface area contributed by atoms with Crippen LogP contribution in [0.4, 0.5) is 5.82 Å². The Kier molecular flexibility index (Phi) is 15.3. The van der Waals surface area contributed by atoms with Gasteiger partial charge in [0.05, 0.1) is 34.4 Å². The van der Waals surface area contributed by atoms with E-state index in [0.29, 0.717) is 59.1 Å². The van der Waals surface area contributed by atoms with E-state index < -0.39 is 23.6 Å². The van der Waals surface area contributed by atoms with Gasteiger partial charge in [0.15, 0.2) is 5.78 Å². The number of aliphatic hydroxyl groups excluding tert-OH is 1. The Bertz CT molecular complexity index is 2470. The van der Waals surface area contributed by atoms with Crippen LogP contribution in [-0.2, 0) is 20.8 Å². The summed E-state index contributed by atoms with van der Waals surface area (Å²) in [4.78, 5) is 60.0. The van der Waals surface area contributed by atoms with E-state index in [2.05, 4.69) is 60.8 Å². The number of carbonyl (C=O) groups is 4. The molecule has 66 heavy (non-hydrogen) atoms. The molecule has 2 aliphatic rings. The molecule has 1 aromatic heterocycles. The number of amides is 3. The van der Waals surface area contributed by atoms with Gasteiger partial charge in [-0.15, -0.1) is 0 Å². The second-order valence-electron chi connectivity index (χ2n) is 19.7. The first kappa shape index (κ1) is 49.2. The molecule has 2 fully saturated rings. The van der Waals surface area contributed by atoms with E-state index in [0.717, 1.165) is 16.7 Å². The highest BCUT2D eigenvalue weighted by molar-refractivity contribution is 6.31. The number of aryl methyl sites for hydroxylation is 1. The van der Waals surface area contributed by atoms with E-state index in [1.165, 1.54) is 4.90 Å². The molecule has 1 aliphatic heterocycles. The summed E-state index contributed by atoms with van der Waals surface area (Å²) in [5.74, 6) is 0.285. The van der Waals surface area contributed by atoms with Crippen LogP contribution in [-0.4, -0.2) is 81.9 Å². The van der Waals surface area contributed by atoms with Crippen molar-refractivity contribution < 1.29 is 29.0 Å². The third kappa shape index (κ3) is 11.4. The lowest BCUT2D eigenvalue weighted by Crippen LogP contribution is -2.74. The number of aromatic nitrogens is 1. The second-order valence-corrected chi connectivity index (χ2v) is 20.1. The van der Waals surface area contributed by atoms with Crippen LogP contribution in [0.1, 0.15) is 108 Å². The van der Waals surface area contributed by atoms with Gasteiger partial charge in [-0.3, -0.25) is 19.2 Å². The summed E-state index contributed by atoms with van der Waals surface area (Å²) in [6, 6.07) is 25.6. The topological polar surface area (TPSA) is 198 Å². The minimum Gasteiger partial charge on any atom is -0.489 e. The van der Waals surface area contributed by atoms with Gasteiger partial charge >= 0.3 is 0 Å². The number of rotatable bonds is 17. The number of nitrogens with zero attached hydrogens (tertiary/aromatic N) is 4. The number of ether oxygens (including phenoxy) is 1. The molecule has 2 heterocycles. The smallest absolute Gasteiger partial charge is 0.251 e. The van der Waals surface area contributed by atoms with Crippen LogP contribution in [0.2, 0.25) is 5.02 Å². The first-order chi connectivity index (χ1) is 31.2. The van der Waals surface area contributed by atoms with Gasteiger partial charge in [0.25, 0.3) is 5.91 Å². The molecule has 346 valence electrons. The number of β-amino-alcohol motifs (C(OH)–C–C–N with tert-alkyl or cyclic N) is 1. The summed E-state index contributed by atoms with van der Waals surface area (Å²) < 4.78 is 6.36. The van der Waals surface area contributed by atoms with E-state index in [4.69, 9.17) is 21.6 Å². The maximum absolute atomic E-state index is 14.0. The maximum Gasteiger partial charge on any atom is 0.251 e. The molecule has 0 unspecified atom stereocenters. The Morgan fingerprint density at radius 1 is 0.909 bits per heavy atom. The normalized spacial score (nSPS) is 19.9. The largest absolute Gasteiger partial charge is 0.489 e. The molecule has 3 atom stereocenters. The monoisotopic (exact) mass is 913 g/mol. The van der Waals surface area contributed by atoms with Gasteiger partial charge in [-0.2, -0.15) is 10.5 Å². The molecule has 3 aromatic carbocycles. The number of benzene rings is 3. The summed E-state index contributed by atoms with van der Waals surface area (Å²) in [7, 11) is 0. The highest BCUT2D eigenvalue weighted by atomic mass is 35.5. The predicted octanol–water partition coefficient (Wildman–Crippen LogP) is 8.03. The zero-order valence-electron chi connectivity index (χ0n) is 38.8. The number of hydrogen-bond donors (Lipinski definition) is 4. The van der Waals surface area contributed by atoms with Crippen LogP contribution in [0.5, 0.6) is 5.75 Å². The molecule has 14 heteroatoms. The number of halogens is 1. The van der Waals surface area contributed by atoms with Crippen molar-refractivity contribution >= 4 is 40.9 Å². The fourth-order valence-corrected chi connectivity index (χ4v) is 9.72. The number of anilines is 1. The van der Waals surface area contributed by atoms with Crippen molar-refractivity contribution in [2.45, 2.75) is 117 Å². The van der Waals surface area contributed by atoms with Gasteiger partial charge in [0.2, 0.25) is 11.8 Å². The van der Waals surface area contributed by atoms with Crippen molar-refractivity contribution in [1.82, 2.24) is 20.5 Å². The summed E-state index contributed by atoms with van der Waals surface area (Å²) in [5.41, 5.74) is 2.72. The Morgan fingerprint density at radius 2 is 1.59 bits per heavy atom. The first-order valence-corrected chi connectivity index (χ1v) is 22.9. The van der Waals surface area contributed by atoms with Crippen molar-refractivity contribution in [1.29, 1.82) is 10.5 Å². The number of nitrogens with one attached hydrogen (secondary N) is 3. The SMILES string of the molecule is CC1(C)C(NC(=O)c2ccc(-c3ccc(NCCCCC(=O)N[C@H](C(=O)N4C[C@H](O)C[C@H]4C(=O)CCc4ccc(C#N)cc4)C(C)(C)C)nc3)cc2)C(C)(C)C1Oc1ccc(C#N)c(Cl)c1. The Hall–Kier alpha value is -6.28. The first-order valence-electron chi connectivity index (χ1n) is 22.5. The lowest BCUT2D eigenvalue weighted by molar-refractivity contribution is -0.164. The highest BCUT2D eigenvalue weighted by Gasteiger charge is 2.64. The van der Waals surface area contributed by atoms with E-state index >= 15 is 0 Å². The molecular formula is C52H60ClN7O6. The van der Waals surface area contributed by atoms with E-state index in [1.807, 2.05) is 57.2 Å². The number of ketones is 1. The standard InChI is InChI=1S/C52H60ClN7O6/c1-50(2,3)45(47(65)60-31-38(61)26-41(60)42(62)23-15-32-11-13-33(28-54)14-12-32)58-44(63)10-8-9-25-56-43-24-21-37(30-57-43)34-16-18-35(19-17-34)46(64)59-48-51(4,5)49(52(48,6)7)66-39-22-20-36(29-55)40(53)27-39/h11-14,16-22,24,27,30,38,41,45,48-49,61H,8-10,15,23,25-26,31H2,1-7H3,(H,56,57)(H,58,63)(H,59,64)/t38-,41+,45-,48?,49?/m1/s1. The molecule has 4 aromatic rings. The summed E-state index contributed by atoms with van der Waals surface area (Å²) >= 11 is 6.24. The Balaban J connectivity index is 0.936. The average molecular weight is 915 g/mol. The van der Waals surface area contributed by atoms with Crippen LogP contribution >= 0.6 is 11.6 Å². The summed E-state index contributed by atoms with van der Waals surface area (Å²) in [6.07, 6.45) is 2.96. The van der Waals surface area contributed by atoms with Gasteiger partial charge in [-0.25, -0.2) is 4.98 Å². The quantitative estimate of drug-likeness (QED) is 0.0753. The fraction of sp³-hybridized carbons (Fsp3) is 0.442. The Labute approximate surface area is 392 Å². The summed E-state index contributed by atoms with van der Waals surface area (Å²) in [6.45, 7) is 14.5. The molecule has 13 nitrogen and oxygen atoms in total. The van der Waals surface area contributed by atoms with Gasteiger partial charge in [-0.1, -0.05) is 84.3 Å². The average Bonchev–Trinajstić information content (AvgIpc) is 3.69. The van der Waals surface area contributed by atoms with E-state index in [1.54, 1.807) is 48.7 Å². The van der Waals surface area contributed by atoms with Gasteiger partial charge < -0.3 is 30.7 Å². The van der Waals surface area contributed by atoms with Crippen molar-refractivity contribution in [3.8, 4) is 29.0 Å². The van der Waals surface area contributed by atoms with E-state index in [-0.39, 0.29) is 72.3 Å². The van der Waals surface area contributed by atoms with Crippen LogP contribution < -0.4 is 20.7 Å². The van der Waals surface area contributed by atoms with Gasteiger partial charge in [0, 0.05) is 72.6 Å². The van der Waals surface area contributed by atoms with Crippen LogP contribution in [0, 0.1) is 38.9 Å².